The Morgan fingerprint density at radius 3 is 2.56 bits per heavy atom. The molecule has 1 unspecified atom stereocenters. The summed E-state index contributed by atoms with van der Waals surface area (Å²) in [5.41, 5.74) is 1.09. The summed E-state index contributed by atoms with van der Waals surface area (Å²) in [5, 5.41) is 6.72. The third kappa shape index (κ3) is 7.82. The molecule has 1 heterocycles. The summed E-state index contributed by atoms with van der Waals surface area (Å²) in [7, 11) is 4.16. The maximum absolute atomic E-state index is 13.4. The van der Waals surface area contributed by atoms with E-state index in [-0.39, 0.29) is 11.9 Å². The Bertz CT molecular complexity index is 558. The maximum Gasteiger partial charge on any atom is 0.191 e. The molecule has 27 heavy (non-hydrogen) atoms. The molecule has 1 fully saturated rings. The highest BCUT2D eigenvalue weighted by Crippen LogP contribution is 2.22. The predicted molar refractivity (Wildman–Crippen MR) is 109 cm³/mol. The molecule has 0 saturated carbocycles. The number of halogens is 1. The van der Waals surface area contributed by atoms with Gasteiger partial charge < -0.3 is 20.3 Å². The van der Waals surface area contributed by atoms with Crippen LogP contribution in [0.25, 0.3) is 0 Å². The number of ether oxygens (including phenoxy) is 1. The topological polar surface area (TPSA) is 52.1 Å². The Morgan fingerprint density at radius 1 is 1.22 bits per heavy atom. The normalized spacial score (nSPS) is 17.1. The van der Waals surface area contributed by atoms with Crippen molar-refractivity contribution in [2.75, 3.05) is 66.6 Å². The first-order valence-electron chi connectivity index (χ1n) is 9.84. The van der Waals surface area contributed by atoms with E-state index in [1.54, 1.807) is 0 Å². The minimum atomic E-state index is -0.209. The predicted octanol–water partition coefficient (Wildman–Crippen LogP) is 1.71. The number of hydrogen-bond acceptors (Lipinski definition) is 4. The molecule has 1 atom stereocenters. The van der Waals surface area contributed by atoms with E-state index >= 15 is 0 Å². The molecule has 2 N–H and O–H groups in total. The van der Waals surface area contributed by atoms with Gasteiger partial charge in [-0.25, -0.2) is 4.39 Å². The van der Waals surface area contributed by atoms with Gasteiger partial charge in [0.15, 0.2) is 5.96 Å². The Morgan fingerprint density at radius 2 is 1.93 bits per heavy atom. The largest absolute Gasteiger partial charge is 0.379 e. The van der Waals surface area contributed by atoms with E-state index in [1.165, 1.54) is 12.1 Å². The van der Waals surface area contributed by atoms with Crippen LogP contribution in [0.5, 0.6) is 0 Å². The van der Waals surface area contributed by atoms with E-state index < -0.39 is 0 Å². The van der Waals surface area contributed by atoms with Crippen LogP contribution in [-0.4, -0.2) is 82.3 Å². The molecule has 0 bridgehead atoms. The molecule has 0 spiro atoms. The fourth-order valence-corrected chi connectivity index (χ4v) is 3.13. The number of aliphatic imine (C=N–C) groups is 1. The van der Waals surface area contributed by atoms with Gasteiger partial charge in [0.25, 0.3) is 0 Å². The van der Waals surface area contributed by atoms with Gasteiger partial charge in [-0.15, -0.1) is 0 Å². The molecule has 0 aliphatic carbocycles. The summed E-state index contributed by atoms with van der Waals surface area (Å²) in [6, 6.07) is 6.89. The smallest absolute Gasteiger partial charge is 0.191 e. The van der Waals surface area contributed by atoms with Gasteiger partial charge in [-0.1, -0.05) is 12.1 Å². The highest BCUT2D eigenvalue weighted by molar-refractivity contribution is 5.79. The minimum Gasteiger partial charge on any atom is -0.379 e. The molecule has 152 valence electrons. The number of nitrogens with zero attached hydrogens (tertiary/aromatic N) is 3. The summed E-state index contributed by atoms with van der Waals surface area (Å²) < 4.78 is 18.8. The van der Waals surface area contributed by atoms with Gasteiger partial charge in [-0.3, -0.25) is 9.89 Å². The monoisotopic (exact) mass is 379 g/mol. The van der Waals surface area contributed by atoms with Crippen LogP contribution < -0.4 is 10.6 Å². The van der Waals surface area contributed by atoms with Crippen molar-refractivity contribution in [1.82, 2.24) is 20.4 Å². The summed E-state index contributed by atoms with van der Waals surface area (Å²) in [4.78, 5) is 9.36. The number of benzene rings is 1. The van der Waals surface area contributed by atoms with Crippen LogP contribution in [-0.2, 0) is 4.74 Å². The average Bonchev–Trinajstić information content (AvgIpc) is 2.67. The number of hydrogen-bond donors (Lipinski definition) is 2. The van der Waals surface area contributed by atoms with Crippen molar-refractivity contribution >= 4 is 5.96 Å². The summed E-state index contributed by atoms with van der Waals surface area (Å²) >= 11 is 0. The van der Waals surface area contributed by atoms with Crippen LogP contribution in [0.3, 0.4) is 0 Å². The lowest BCUT2D eigenvalue weighted by molar-refractivity contribution is 0.0179. The van der Waals surface area contributed by atoms with Crippen molar-refractivity contribution in [2.45, 2.75) is 19.4 Å². The standard InChI is InChI=1S/C20H34FN5O/c1-4-22-20(23-10-5-11-25(2)3)24-16-19(26-12-14-27-15-13-26)17-6-8-18(21)9-7-17/h6-9,19H,4-5,10-16H2,1-3H3,(H2,22,23,24). The van der Waals surface area contributed by atoms with Gasteiger partial charge in [-0.2, -0.15) is 0 Å². The van der Waals surface area contributed by atoms with Crippen molar-refractivity contribution in [1.29, 1.82) is 0 Å². The molecule has 6 nitrogen and oxygen atoms in total. The molecule has 1 aliphatic heterocycles. The molecular weight excluding hydrogens is 345 g/mol. The van der Waals surface area contributed by atoms with Crippen molar-refractivity contribution in [3.05, 3.63) is 35.6 Å². The molecule has 7 heteroatoms. The van der Waals surface area contributed by atoms with Crippen LogP contribution in [0.1, 0.15) is 24.9 Å². The second-order valence-corrected chi connectivity index (χ2v) is 7.02. The lowest BCUT2D eigenvalue weighted by atomic mass is 10.0. The zero-order chi connectivity index (χ0) is 19.5. The van der Waals surface area contributed by atoms with Crippen LogP contribution in [0.4, 0.5) is 4.39 Å². The number of rotatable bonds is 9. The molecule has 0 aromatic heterocycles. The van der Waals surface area contributed by atoms with Crippen LogP contribution in [0.15, 0.2) is 29.3 Å². The van der Waals surface area contributed by atoms with Gasteiger partial charge in [0, 0.05) is 26.2 Å². The van der Waals surface area contributed by atoms with Gasteiger partial charge in [0.05, 0.1) is 25.8 Å². The average molecular weight is 380 g/mol. The number of nitrogens with one attached hydrogen (secondary N) is 2. The van der Waals surface area contributed by atoms with Gasteiger partial charge in [-0.05, 0) is 51.7 Å². The third-order valence-electron chi connectivity index (χ3n) is 4.58. The number of morpholine rings is 1. The van der Waals surface area contributed by atoms with Crippen LogP contribution >= 0.6 is 0 Å². The van der Waals surface area contributed by atoms with Crippen LogP contribution in [0, 0.1) is 5.82 Å². The van der Waals surface area contributed by atoms with Crippen molar-refractivity contribution in [2.24, 2.45) is 4.99 Å². The Balaban J connectivity index is 2.04. The molecule has 1 aromatic carbocycles. The molecule has 2 rings (SSSR count). The molecule has 1 aromatic rings. The SMILES string of the molecule is CCNC(=NCC(c1ccc(F)cc1)N1CCOCC1)NCCCN(C)C. The van der Waals surface area contributed by atoms with Crippen molar-refractivity contribution in [3.63, 3.8) is 0 Å². The summed E-state index contributed by atoms with van der Waals surface area (Å²) in [6.07, 6.45) is 1.06. The fourth-order valence-electron chi connectivity index (χ4n) is 3.13. The Kier molecular flexibility index (Phi) is 9.52. The first-order valence-corrected chi connectivity index (χ1v) is 9.84. The maximum atomic E-state index is 13.4. The first-order chi connectivity index (χ1) is 13.1. The Labute approximate surface area is 162 Å². The lowest BCUT2D eigenvalue weighted by Crippen LogP contribution is -2.42. The van der Waals surface area contributed by atoms with E-state index in [1.807, 2.05) is 12.1 Å². The second-order valence-electron chi connectivity index (χ2n) is 7.02. The molecule has 1 saturated heterocycles. The highest BCUT2D eigenvalue weighted by atomic mass is 19.1. The molecule has 1 aliphatic rings. The third-order valence-corrected chi connectivity index (χ3v) is 4.58. The van der Waals surface area contributed by atoms with E-state index in [9.17, 15) is 4.39 Å². The Hall–Kier alpha value is -1.70. The highest BCUT2D eigenvalue weighted by Gasteiger charge is 2.22. The van der Waals surface area contributed by atoms with Crippen molar-refractivity contribution in [3.8, 4) is 0 Å². The minimum absolute atomic E-state index is 0.117. The summed E-state index contributed by atoms with van der Waals surface area (Å²) in [5.74, 6) is 0.621. The second kappa shape index (κ2) is 11.9. The van der Waals surface area contributed by atoms with Gasteiger partial charge in [0.2, 0.25) is 0 Å². The first kappa shape index (κ1) is 21.6. The van der Waals surface area contributed by atoms with E-state index in [0.29, 0.717) is 6.54 Å². The number of guanidine groups is 1. The molecule has 0 radical (unpaired) electrons. The zero-order valence-corrected chi connectivity index (χ0v) is 16.9. The van der Waals surface area contributed by atoms with E-state index in [0.717, 1.165) is 63.9 Å². The zero-order valence-electron chi connectivity index (χ0n) is 16.9. The van der Waals surface area contributed by atoms with Crippen molar-refractivity contribution < 1.29 is 9.13 Å². The molecule has 0 amide bonds. The van der Waals surface area contributed by atoms with Crippen LogP contribution in [0.2, 0.25) is 0 Å². The lowest BCUT2D eigenvalue weighted by Gasteiger charge is -2.34. The summed E-state index contributed by atoms with van der Waals surface area (Å²) in [6.45, 7) is 8.60. The van der Waals surface area contributed by atoms with E-state index in [2.05, 4.69) is 41.5 Å². The van der Waals surface area contributed by atoms with Gasteiger partial charge >= 0.3 is 0 Å². The fraction of sp³-hybridized carbons (Fsp3) is 0.650. The van der Waals surface area contributed by atoms with E-state index in [4.69, 9.17) is 9.73 Å². The van der Waals surface area contributed by atoms with Gasteiger partial charge in [0.1, 0.15) is 5.82 Å². The molecular formula is C20H34FN5O. The quantitative estimate of drug-likeness (QED) is 0.389.